The number of pyridine rings is 1. The number of rotatable bonds is 9. The monoisotopic (exact) mass is 577 g/mol. The molecule has 0 spiro atoms. The van der Waals surface area contributed by atoms with Crippen molar-refractivity contribution in [2.75, 3.05) is 23.7 Å². The summed E-state index contributed by atoms with van der Waals surface area (Å²) in [5, 5.41) is 19.0. The molecule has 0 bridgehead atoms. The third-order valence-corrected chi connectivity index (χ3v) is 6.73. The van der Waals surface area contributed by atoms with Crippen LogP contribution in [0.1, 0.15) is 22.3 Å². The van der Waals surface area contributed by atoms with Crippen molar-refractivity contribution in [2.24, 2.45) is 5.73 Å². The number of hydrogen-bond acceptors (Lipinski definition) is 7. The number of aromatic nitrogens is 1. The first-order chi connectivity index (χ1) is 15.1. The molecule has 0 saturated carbocycles. The highest BCUT2D eigenvalue weighted by molar-refractivity contribution is 14.1. The number of carbonyl (C=O) groups excluding carboxylic acids is 1. The van der Waals surface area contributed by atoms with Gasteiger partial charge >= 0.3 is 0 Å². The van der Waals surface area contributed by atoms with Crippen LogP contribution in [0.15, 0.2) is 34.7 Å². The lowest BCUT2D eigenvalue weighted by Crippen LogP contribution is -2.34. The van der Waals surface area contributed by atoms with Crippen molar-refractivity contribution in [3.8, 4) is 11.3 Å². The third-order valence-electron chi connectivity index (χ3n) is 4.75. The number of hydrogen-bond donors (Lipinski definition) is 3. The highest BCUT2D eigenvalue weighted by Gasteiger charge is 2.27. The minimum atomic E-state index is -3.80. The molecule has 0 saturated heterocycles. The number of aliphatic hydroxyl groups excluding tert-OH is 2. The minimum Gasteiger partial charge on any atom is -0.437 e. The molecule has 0 aliphatic carbocycles. The van der Waals surface area contributed by atoms with E-state index in [0.29, 0.717) is 20.9 Å². The molecule has 32 heavy (non-hydrogen) atoms. The molecular formula is C20H21FIN3O6S. The Morgan fingerprint density at radius 2 is 2.00 bits per heavy atom. The second-order valence-corrected chi connectivity index (χ2v) is 9.76. The van der Waals surface area contributed by atoms with Gasteiger partial charge in [-0.2, -0.15) is 4.98 Å². The quantitative estimate of drug-likeness (QED) is 0.261. The number of nitrogens with two attached hydrogens (primary N) is 1. The van der Waals surface area contributed by atoms with Gasteiger partial charge in [-0.05, 0) is 36.8 Å². The molecule has 2 heterocycles. The summed E-state index contributed by atoms with van der Waals surface area (Å²) in [5.41, 5.74) is 6.53. The molecule has 3 aromatic rings. The number of nitrogens with zero attached hydrogens (tertiary/aromatic N) is 2. The van der Waals surface area contributed by atoms with Crippen LogP contribution < -0.4 is 10.0 Å². The van der Waals surface area contributed by atoms with E-state index in [2.05, 4.69) is 4.98 Å². The summed E-state index contributed by atoms with van der Waals surface area (Å²) in [6, 6.07) is 6.86. The zero-order valence-electron chi connectivity index (χ0n) is 17.0. The first kappa shape index (κ1) is 24.4. The van der Waals surface area contributed by atoms with E-state index in [4.69, 9.17) is 15.3 Å². The number of carbonyl (C=O) groups is 1. The predicted octanol–water partition coefficient (Wildman–Crippen LogP) is 2.18. The average Bonchev–Trinajstić information content (AvgIpc) is 3.11. The standard InChI is InChI=1S/C20H21FIN3O6S/c1-32(29,30)25(7-6-14(27)10-26)19-12(9-22)8-15-16(18(23)28)17(31-20(15)24-19)11-2-4-13(21)5-3-11/h2-5,8,14,26-27H,6-7,9-10H2,1H3,(H2,23,28). The molecule has 1 aromatic carbocycles. The number of fused-ring (bicyclic) bond motifs is 1. The summed E-state index contributed by atoms with van der Waals surface area (Å²) in [6.45, 7) is -0.638. The fourth-order valence-electron chi connectivity index (χ4n) is 3.21. The molecular weight excluding hydrogens is 556 g/mol. The molecule has 172 valence electrons. The van der Waals surface area contributed by atoms with Crippen LogP contribution in [0.3, 0.4) is 0 Å². The van der Waals surface area contributed by atoms with Crippen molar-refractivity contribution in [1.82, 2.24) is 4.98 Å². The lowest BCUT2D eigenvalue weighted by Gasteiger charge is -2.24. The molecule has 1 unspecified atom stereocenters. The summed E-state index contributed by atoms with van der Waals surface area (Å²) >= 11 is 2.03. The van der Waals surface area contributed by atoms with Gasteiger partial charge < -0.3 is 20.4 Å². The van der Waals surface area contributed by atoms with E-state index in [1.807, 2.05) is 22.6 Å². The van der Waals surface area contributed by atoms with Gasteiger partial charge in [-0.1, -0.05) is 22.6 Å². The van der Waals surface area contributed by atoms with Gasteiger partial charge in [0.15, 0.2) is 0 Å². The van der Waals surface area contributed by atoms with Crippen LogP contribution in [0.25, 0.3) is 22.4 Å². The Labute approximate surface area is 197 Å². The van der Waals surface area contributed by atoms with Crippen LogP contribution in [0.2, 0.25) is 0 Å². The van der Waals surface area contributed by atoms with Crippen LogP contribution in [0, 0.1) is 5.82 Å². The van der Waals surface area contributed by atoms with Gasteiger partial charge in [-0.15, -0.1) is 0 Å². The summed E-state index contributed by atoms with van der Waals surface area (Å²) in [5.74, 6) is -1.07. The fraction of sp³-hybridized carbons (Fsp3) is 0.300. The summed E-state index contributed by atoms with van der Waals surface area (Å²) < 4.78 is 45.4. The number of amides is 1. The Kier molecular flexibility index (Phi) is 7.37. The molecule has 1 amide bonds. The van der Waals surface area contributed by atoms with Crippen molar-refractivity contribution in [3.63, 3.8) is 0 Å². The van der Waals surface area contributed by atoms with E-state index in [1.165, 1.54) is 24.3 Å². The number of primary amides is 1. The largest absolute Gasteiger partial charge is 0.437 e. The zero-order valence-corrected chi connectivity index (χ0v) is 19.9. The van der Waals surface area contributed by atoms with E-state index in [-0.39, 0.29) is 35.8 Å². The summed E-state index contributed by atoms with van der Waals surface area (Å²) in [7, 11) is -3.80. The van der Waals surface area contributed by atoms with E-state index in [0.717, 1.165) is 10.6 Å². The van der Waals surface area contributed by atoms with Gasteiger partial charge in [0.1, 0.15) is 17.4 Å². The van der Waals surface area contributed by atoms with E-state index >= 15 is 0 Å². The smallest absolute Gasteiger partial charge is 0.253 e. The maximum Gasteiger partial charge on any atom is 0.253 e. The van der Waals surface area contributed by atoms with Gasteiger partial charge in [0.25, 0.3) is 5.91 Å². The predicted molar refractivity (Wildman–Crippen MR) is 126 cm³/mol. The zero-order chi connectivity index (χ0) is 23.6. The van der Waals surface area contributed by atoms with Crippen molar-refractivity contribution in [2.45, 2.75) is 17.0 Å². The van der Waals surface area contributed by atoms with Crippen LogP contribution >= 0.6 is 22.6 Å². The fourth-order valence-corrected chi connectivity index (χ4v) is 4.68. The SMILES string of the molecule is CS(=O)(=O)N(CCC(O)CO)c1nc2oc(-c3ccc(F)cc3)c(C(N)=O)c2cc1CI. The van der Waals surface area contributed by atoms with Crippen molar-refractivity contribution < 1.29 is 32.2 Å². The normalized spacial score (nSPS) is 12.8. The van der Waals surface area contributed by atoms with E-state index < -0.39 is 34.5 Å². The van der Waals surface area contributed by atoms with Crippen molar-refractivity contribution >= 4 is 55.4 Å². The number of sulfonamides is 1. The summed E-state index contributed by atoms with van der Waals surface area (Å²) in [6.07, 6.45) is -0.112. The van der Waals surface area contributed by atoms with Crippen LogP contribution in [-0.4, -0.2) is 55.0 Å². The maximum absolute atomic E-state index is 13.3. The molecule has 0 fully saturated rings. The van der Waals surface area contributed by atoms with Gasteiger partial charge in [0.05, 0.1) is 29.9 Å². The first-order valence-corrected chi connectivity index (χ1v) is 12.8. The number of anilines is 1. The highest BCUT2D eigenvalue weighted by atomic mass is 127. The topological polar surface area (TPSA) is 147 Å². The molecule has 2 aromatic heterocycles. The molecule has 0 aliphatic rings. The van der Waals surface area contributed by atoms with E-state index in [9.17, 15) is 22.7 Å². The second kappa shape index (κ2) is 9.68. The van der Waals surface area contributed by atoms with Crippen LogP contribution in [0.5, 0.6) is 0 Å². The average molecular weight is 577 g/mol. The number of halogens is 2. The lowest BCUT2D eigenvalue weighted by molar-refractivity contribution is 0.0904. The number of furan rings is 1. The summed E-state index contributed by atoms with van der Waals surface area (Å²) in [4.78, 5) is 16.6. The maximum atomic E-state index is 13.3. The van der Waals surface area contributed by atoms with Gasteiger partial charge in [-0.25, -0.2) is 12.8 Å². The molecule has 12 heteroatoms. The van der Waals surface area contributed by atoms with Gasteiger partial charge in [-0.3, -0.25) is 9.10 Å². The Morgan fingerprint density at radius 1 is 1.34 bits per heavy atom. The molecule has 3 rings (SSSR count). The molecule has 0 aliphatic heterocycles. The number of alkyl halides is 1. The Morgan fingerprint density at radius 3 is 2.53 bits per heavy atom. The highest BCUT2D eigenvalue weighted by Crippen LogP contribution is 2.36. The number of benzene rings is 1. The Bertz CT molecular complexity index is 1250. The van der Waals surface area contributed by atoms with Crippen molar-refractivity contribution in [1.29, 1.82) is 0 Å². The first-order valence-electron chi connectivity index (χ1n) is 9.41. The van der Waals surface area contributed by atoms with Crippen molar-refractivity contribution in [3.05, 3.63) is 47.3 Å². The molecule has 4 N–H and O–H groups in total. The molecule has 9 nitrogen and oxygen atoms in total. The molecule has 1 atom stereocenters. The second-order valence-electron chi connectivity index (χ2n) is 7.09. The Hall–Kier alpha value is -2.29. The number of aliphatic hydroxyl groups is 2. The van der Waals surface area contributed by atoms with E-state index in [1.54, 1.807) is 6.07 Å². The van der Waals surface area contributed by atoms with Gasteiger partial charge in [0.2, 0.25) is 15.7 Å². The van der Waals surface area contributed by atoms with Gasteiger partial charge in [0, 0.05) is 22.1 Å². The minimum absolute atomic E-state index is 0.0157. The molecule has 0 radical (unpaired) electrons. The third kappa shape index (κ3) is 5.03. The lowest BCUT2D eigenvalue weighted by atomic mass is 10.0. The Balaban J connectivity index is 2.22. The van der Waals surface area contributed by atoms with Crippen LogP contribution in [0.4, 0.5) is 10.2 Å². The van der Waals surface area contributed by atoms with Crippen LogP contribution in [-0.2, 0) is 14.5 Å².